The highest BCUT2D eigenvalue weighted by Crippen LogP contribution is 2.16. The zero-order chi connectivity index (χ0) is 9.90. The molecule has 0 spiro atoms. The van der Waals surface area contributed by atoms with Crippen molar-refractivity contribution in [1.82, 2.24) is 10.2 Å². The third-order valence-electron chi connectivity index (χ3n) is 2.70. The molecule has 13 heavy (non-hydrogen) atoms. The van der Waals surface area contributed by atoms with Gasteiger partial charge in [-0.15, -0.1) is 6.42 Å². The van der Waals surface area contributed by atoms with Crippen LogP contribution in [0, 0.1) is 12.3 Å². The van der Waals surface area contributed by atoms with Crippen molar-refractivity contribution in [3.63, 3.8) is 0 Å². The summed E-state index contributed by atoms with van der Waals surface area (Å²) in [7, 11) is 0. The van der Waals surface area contributed by atoms with Gasteiger partial charge in [0.05, 0.1) is 6.54 Å². The Kier molecular flexibility index (Phi) is 3.35. The lowest BCUT2D eigenvalue weighted by Crippen LogP contribution is -2.61. The molecule has 0 aromatic rings. The largest absolute Gasteiger partial charge is 0.309 e. The second kappa shape index (κ2) is 4.13. The molecular formula is C11H20N2. The molecule has 0 aliphatic carbocycles. The Labute approximate surface area is 81.7 Å². The molecule has 1 fully saturated rings. The monoisotopic (exact) mass is 180 g/mol. The van der Waals surface area contributed by atoms with Gasteiger partial charge in [0.25, 0.3) is 0 Å². The molecule has 2 nitrogen and oxygen atoms in total. The van der Waals surface area contributed by atoms with Crippen LogP contribution in [0.2, 0.25) is 0 Å². The molecule has 1 aliphatic heterocycles. The summed E-state index contributed by atoms with van der Waals surface area (Å²) in [4.78, 5) is 2.40. The lowest BCUT2D eigenvalue weighted by atomic mass is 9.98. The molecule has 0 bridgehead atoms. The van der Waals surface area contributed by atoms with Gasteiger partial charge in [0.1, 0.15) is 0 Å². The fraction of sp³-hybridized carbons (Fsp3) is 0.818. The van der Waals surface area contributed by atoms with E-state index in [0.717, 1.165) is 19.6 Å². The van der Waals surface area contributed by atoms with Crippen molar-refractivity contribution in [2.45, 2.75) is 38.8 Å². The minimum atomic E-state index is 0.211. The van der Waals surface area contributed by atoms with Gasteiger partial charge in [-0.25, -0.2) is 0 Å². The third kappa shape index (κ3) is 2.72. The lowest BCUT2D eigenvalue weighted by molar-refractivity contribution is 0.107. The molecule has 0 saturated carbocycles. The maximum Gasteiger partial charge on any atom is 0.0602 e. The van der Waals surface area contributed by atoms with Crippen LogP contribution in [-0.4, -0.2) is 36.1 Å². The van der Waals surface area contributed by atoms with Crippen molar-refractivity contribution in [1.29, 1.82) is 0 Å². The topological polar surface area (TPSA) is 15.3 Å². The predicted octanol–water partition coefficient (Wildman–Crippen LogP) is 1.08. The van der Waals surface area contributed by atoms with Gasteiger partial charge in [0.15, 0.2) is 0 Å². The SMILES string of the molecule is C#CCN1CC(C)(C)NCC1CC. The number of terminal acetylenes is 1. The van der Waals surface area contributed by atoms with Crippen molar-refractivity contribution < 1.29 is 0 Å². The average Bonchev–Trinajstić information content (AvgIpc) is 2.04. The summed E-state index contributed by atoms with van der Waals surface area (Å²) in [5.74, 6) is 2.74. The summed E-state index contributed by atoms with van der Waals surface area (Å²) in [6, 6.07) is 0.615. The molecule has 1 rings (SSSR count). The van der Waals surface area contributed by atoms with E-state index in [4.69, 9.17) is 6.42 Å². The number of hydrogen-bond donors (Lipinski definition) is 1. The van der Waals surface area contributed by atoms with E-state index in [1.54, 1.807) is 0 Å². The van der Waals surface area contributed by atoms with E-state index in [1.165, 1.54) is 6.42 Å². The molecule has 1 saturated heterocycles. The molecule has 1 unspecified atom stereocenters. The first kappa shape index (κ1) is 10.6. The van der Waals surface area contributed by atoms with Crippen LogP contribution in [0.4, 0.5) is 0 Å². The van der Waals surface area contributed by atoms with E-state index in [-0.39, 0.29) is 5.54 Å². The predicted molar refractivity (Wildman–Crippen MR) is 56.6 cm³/mol. The Balaban J connectivity index is 2.58. The number of piperazine rings is 1. The van der Waals surface area contributed by atoms with Crippen LogP contribution in [0.5, 0.6) is 0 Å². The normalized spacial score (nSPS) is 28.3. The highest BCUT2D eigenvalue weighted by Gasteiger charge is 2.30. The molecular weight excluding hydrogens is 160 g/mol. The van der Waals surface area contributed by atoms with E-state index in [0.29, 0.717) is 6.04 Å². The molecule has 0 aromatic heterocycles. The van der Waals surface area contributed by atoms with Crippen LogP contribution in [0.1, 0.15) is 27.2 Å². The summed E-state index contributed by atoms with van der Waals surface area (Å²) in [6.07, 6.45) is 6.52. The van der Waals surface area contributed by atoms with Crippen LogP contribution in [0.15, 0.2) is 0 Å². The number of nitrogens with zero attached hydrogens (tertiary/aromatic N) is 1. The lowest BCUT2D eigenvalue weighted by Gasteiger charge is -2.43. The quantitative estimate of drug-likeness (QED) is 0.640. The molecule has 74 valence electrons. The van der Waals surface area contributed by atoms with Crippen molar-refractivity contribution in [3.05, 3.63) is 0 Å². The summed E-state index contributed by atoms with van der Waals surface area (Å²) in [5, 5.41) is 3.54. The molecule has 1 N–H and O–H groups in total. The summed E-state index contributed by atoms with van der Waals surface area (Å²) >= 11 is 0. The zero-order valence-electron chi connectivity index (χ0n) is 8.93. The Bertz CT molecular complexity index is 203. The number of nitrogens with one attached hydrogen (secondary N) is 1. The van der Waals surface area contributed by atoms with E-state index in [1.807, 2.05) is 0 Å². The maximum absolute atomic E-state index is 5.35. The van der Waals surface area contributed by atoms with Gasteiger partial charge >= 0.3 is 0 Å². The molecule has 0 amide bonds. The molecule has 0 aromatic carbocycles. The zero-order valence-corrected chi connectivity index (χ0v) is 8.93. The van der Waals surface area contributed by atoms with Gasteiger partial charge in [-0.1, -0.05) is 12.8 Å². The smallest absolute Gasteiger partial charge is 0.0602 e. The van der Waals surface area contributed by atoms with Gasteiger partial charge in [-0.2, -0.15) is 0 Å². The van der Waals surface area contributed by atoms with Crippen molar-refractivity contribution in [2.75, 3.05) is 19.6 Å². The van der Waals surface area contributed by atoms with E-state index < -0.39 is 0 Å². The van der Waals surface area contributed by atoms with Crippen molar-refractivity contribution >= 4 is 0 Å². The second-order valence-corrected chi connectivity index (χ2v) is 4.44. The Hall–Kier alpha value is -0.520. The summed E-state index contributed by atoms with van der Waals surface area (Å²) < 4.78 is 0. The first-order valence-electron chi connectivity index (χ1n) is 5.01. The molecule has 1 atom stereocenters. The minimum absolute atomic E-state index is 0.211. The van der Waals surface area contributed by atoms with Crippen LogP contribution in [0.3, 0.4) is 0 Å². The summed E-state index contributed by atoms with van der Waals surface area (Å²) in [6.45, 7) is 9.56. The van der Waals surface area contributed by atoms with Gasteiger partial charge in [0.2, 0.25) is 0 Å². The van der Waals surface area contributed by atoms with Crippen molar-refractivity contribution in [2.24, 2.45) is 0 Å². The van der Waals surface area contributed by atoms with E-state index in [9.17, 15) is 0 Å². The van der Waals surface area contributed by atoms with Crippen LogP contribution < -0.4 is 5.32 Å². The van der Waals surface area contributed by atoms with Crippen LogP contribution >= 0.6 is 0 Å². The first-order chi connectivity index (χ1) is 6.09. The number of rotatable bonds is 2. The molecule has 1 aliphatic rings. The minimum Gasteiger partial charge on any atom is -0.309 e. The Morgan fingerprint density at radius 3 is 2.85 bits per heavy atom. The highest BCUT2D eigenvalue weighted by atomic mass is 15.2. The molecule has 0 radical (unpaired) electrons. The van der Waals surface area contributed by atoms with Gasteiger partial charge in [-0.3, -0.25) is 4.90 Å². The summed E-state index contributed by atoms with van der Waals surface area (Å²) in [5.41, 5.74) is 0.211. The van der Waals surface area contributed by atoms with Crippen LogP contribution in [0.25, 0.3) is 0 Å². The van der Waals surface area contributed by atoms with Gasteiger partial charge in [0, 0.05) is 24.7 Å². The first-order valence-corrected chi connectivity index (χ1v) is 5.01. The van der Waals surface area contributed by atoms with Crippen LogP contribution in [-0.2, 0) is 0 Å². The number of hydrogen-bond acceptors (Lipinski definition) is 2. The average molecular weight is 180 g/mol. The Morgan fingerprint density at radius 2 is 2.31 bits per heavy atom. The Morgan fingerprint density at radius 1 is 1.62 bits per heavy atom. The fourth-order valence-corrected chi connectivity index (χ4v) is 1.92. The second-order valence-electron chi connectivity index (χ2n) is 4.44. The van der Waals surface area contributed by atoms with E-state index >= 15 is 0 Å². The maximum atomic E-state index is 5.35. The highest BCUT2D eigenvalue weighted by molar-refractivity contribution is 4.97. The standard InChI is InChI=1S/C11H20N2/c1-5-7-13-9-11(3,4)12-8-10(13)6-2/h1,10,12H,6-9H2,2-4H3. The third-order valence-corrected chi connectivity index (χ3v) is 2.70. The van der Waals surface area contributed by atoms with Gasteiger partial charge in [-0.05, 0) is 20.3 Å². The van der Waals surface area contributed by atoms with E-state index in [2.05, 4.69) is 36.9 Å². The van der Waals surface area contributed by atoms with Gasteiger partial charge < -0.3 is 5.32 Å². The molecule has 2 heteroatoms. The fourth-order valence-electron chi connectivity index (χ4n) is 1.92. The molecule has 1 heterocycles. The van der Waals surface area contributed by atoms with Crippen molar-refractivity contribution in [3.8, 4) is 12.3 Å².